The lowest BCUT2D eigenvalue weighted by molar-refractivity contribution is 0.273. The molecule has 0 unspecified atom stereocenters. The summed E-state index contributed by atoms with van der Waals surface area (Å²) in [6, 6.07) is 6.69. The second-order valence-corrected chi connectivity index (χ2v) is 10.3. The van der Waals surface area contributed by atoms with Crippen LogP contribution < -0.4 is 4.90 Å². The number of nitrogens with zero attached hydrogens (tertiary/aromatic N) is 3. The van der Waals surface area contributed by atoms with E-state index in [1.807, 2.05) is 6.20 Å². The fourth-order valence-corrected chi connectivity index (χ4v) is 5.67. The average molecular weight is 403 g/mol. The Bertz CT molecular complexity index is 930. The molecule has 1 fully saturated rings. The summed E-state index contributed by atoms with van der Waals surface area (Å²) in [5, 5.41) is 7.59. The lowest BCUT2D eigenvalue weighted by Gasteiger charge is -2.31. The summed E-state index contributed by atoms with van der Waals surface area (Å²) in [7, 11) is -0.905. The van der Waals surface area contributed by atoms with E-state index < -0.39 is 10.0 Å². The van der Waals surface area contributed by atoms with Crippen LogP contribution in [0.15, 0.2) is 24.4 Å². The van der Waals surface area contributed by atoms with E-state index in [-0.39, 0.29) is 5.75 Å². The Kier molecular flexibility index (Phi) is 5.47. The van der Waals surface area contributed by atoms with Gasteiger partial charge >= 0.3 is 0 Å². The normalized spacial score (nSPS) is 19.0. The number of hydrogen-bond acceptors (Lipinski definition) is 4. The highest BCUT2D eigenvalue weighted by molar-refractivity contribution is 7.89. The maximum Gasteiger partial charge on any atom is 0.213 e. The number of sulfonamides is 1. The Labute approximate surface area is 168 Å². The first-order valence-electron chi connectivity index (χ1n) is 10.3. The molecule has 1 saturated heterocycles. The minimum absolute atomic E-state index is 0.192. The van der Waals surface area contributed by atoms with Crippen molar-refractivity contribution in [3.63, 3.8) is 0 Å². The van der Waals surface area contributed by atoms with Gasteiger partial charge in [-0.3, -0.25) is 5.10 Å². The third-order valence-electron chi connectivity index (χ3n) is 6.26. The molecule has 0 bridgehead atoms. The topological polar surface area (TPSA) is 69.3 Å². The van der Waals surface area contributed by atoms with E-state index in [0.29, 0.717) is 19.0 Å². The molecule has 0 spiro atoms. The minimum Gasteiger partial charge on any atom is -0.374 e. The average Bonchev–Trinajstić information content (AvgIpc) is 3.16. The number of H-pyrrole nitrogens is 1. The van der Waals surface area contributed by atoms with Gasteiger partial charge in [0.25, 0.3) is 0 Å². The second-order valence-electron chi connectivity index (χ2n) is 8.07. The molecule has 0 radical (unpaired) electrons. The van der Waals surface area contributed by atoms with Gasteiger partial charge < -0.3 is 4.90 Å². The molecule has 0 aliphatic carbocycles. The van der Waals surface area contributed by atoms with Gasteiger partial charge in [0.05, 0.1) is 11.4 Å². The lowest BCUT2D eigenvalue weighted by atomic mass is 9.89. The summed E-state index contributed by atoms with van der Waals surface area (Å²) < 4.78 is 25.8. The van der Waals surface area contributed by atoms with Crippen LogP contribution in [-0.4, -0.2) is 55.4 Å². The van der Waals surface area contributed by atoms with Gasteiger partial charge in [-0.15, -0.1) is 0 Å². The van der Waals surface area contributed by atoms with Gasteiger partial charge in [0.2, 0.25) is 10.0 Å². The van der Waals surface area contributed by atoms with Crippen LogP contribution in [-0.2, 0) is 22.9 Å². The standard InChI is InChI=1S/C21H30N4O2S/c1-3-28(26,27)25-11-8-16(9-12-25)13-19-15-22-23-21(19)18-6-7-20-17(14-18)5-4-10-24(20)2/h6-7,14-16H,3-5,8-13H2,1-2H3,(H,22,23). The van der Waals surface area contributed by atoms with Gasteiger partial charge in [-0.1, -0.05) is 6.07 Å². The van der Waals surface area contributed by atoms with Crippen LogP contribution in [0.2, 0.25) is 0 Å². The maximum atomic E-state index is 12.1. The predicted molar refractivity (Wildman–Crippen MR) is 113 cm³/mol. The number of benzene rings is 1. The van der Waals surface area contributed by atoms with Crippen LogP contribution in [0.3, 0.4) is 0 Å². The zero-order valence-electron chi connectivity index (χ0n) is 16.8. The van der Waals surface area contributed by atoms with Crippen molar-refractivity contribution >= 4 is 15.7 Å². The first-order chi connectivity index (χ1) is 13.5. The molecule has 2 aromatic rings. The molecular weight excluding hydrogens is 372 g/mol. The molecule has 6 nitrogen and oxygen atoms in total. The smallest absolute Gasteiger partial charge is 0.213 e. The van der Waals surface area contributed by atoms with Crippen molar-refractivity contribution in [3.05, 3.63) is 35.5 Å². The Balaban J connectivity index is 1.47. The zero-order chi connectivity index (χ0) is 19.7. The van der Waals surface area contributed by atoms with Gasteiger partial charge in [0.15, 0.2) is 0 Å². The van der Waals surface area contributed by atoms with E-state index in [0.717, 1.165) is 37.9 Å². The molecule has 1 aromatic heterocycles. The predicted octanol–water partition coefficient (Wildman–Crippen LogP) is 3.06. The molecule has 1 N–H and O–H groups in total. The largest absolute Gasteiger partial charge is 0.374 e. The molecule has 1 aromatic carbocycles. The molecule has 0 amide bonds. The van der Waals surface area contributed by atoms with Crippen molar-refractivity contribution in [2.75, 3.05) is 37.3 Å². The third-order valence-corrected chi connectivity index (χ3v) is 8.14. The number of aryl methyl sites for hydroxylation is 1. The van der Waals surface area contributed by atoms with Crippen LogP contribution in [0.5, 0.6) is 0 Å². The summed E-state index contributed by atoms with van der Waals surface area (Å²) in [4.78, 5) is 2.33. The Morgan fingerprint density at radius 1 is 1.21 bits per heavy atom. The Morgan fingerprint density at radius 3 is 2.75 bits per heavy atom. The fraction of sp³-hybridized carbons (Fsp3) is 0.571. The van der Waals surface area contributed by atoms with Crippen molar-refractivity contribution in [2.45, 2.75) is 39.0 Å². The van der Waals surface area contributed by atoms with Crippen molar-refractivity contribution in [1.29, 1.82) is 0 Å². The summed E-state index contributed by atoms with van der Waals surface area (Å²) >= 11 is 0. The minimum atomic E-state index is -3.06. The van der Waals surface area contributed by atoms with Gasteiger partial charge in [-0.2, -0.15) is 5.10 Å². The summed E-state index contributed by atoms with van der Waals surface area (Å²) in [6.07, 6.45) is 7.10. The SMILES string of the molecule is CCS(=O)(=O)N1CCC(Cc2c[nH]nc2-c2ccc3c(c2)CCCN3C)CC1. The molecule has 2 aliphatic rings. The molecule has 0 saturated carbocycles. The number of fused-ring (bicyclic) bond motifs is 1. The summed E-state index contributed by atoms with van der Waals surface area (Å²) in [5.74, 6) is 0.695. The number of piperidine rings is 1. The number of aromatic amines is 1. The highest BCUT2D eigenvalue weighted by Gasteiger charge is 2.27. The van der Waals surface area contributed by atoms with Gasteiger partial charge in [0, 0.05) is 44.1 Å². The van der Waals surface area contributed by atoms with Crippen molar-refractivity contribution in [2.24, 2.45) is 5.92 Å². The molecular formula is C21H30N4O2S. The Morgan fingerprint density at radius 2 is 2.00 bits per heavy atom. The Hall–Kier alpha value is -1.86. The number of hydrogen-bond donors (Lipinski definition) is 1. The van der Waals surface area contributed by atoms with Crippen LogP contribution in [0.4, 0.5) is 5.69 Å². The molecule has 28 heavy (non-hydrogen) atoms. The molecule has 7 heteroatoms. The van der Waals surface area contributed by atoms with Crippen LogP contribution >= 0.6 is 0 Å². The molecule has 3 heterocycles. The third kappa shape index (κ3) is 3.82. The van der Waals surface area contributed by atoms with Crippen LogP contribution in [0.25, 0.3) is 11.3 Å². The number of aromatic nitrogens is 2. The van der Waals surface area contributed by atoms with Gasteiger partial charge in [-0.25, -0.2) is 12.7 Å². The van der Waals surface area contributed by atoms with Crippen molar-refractivity contribution < 1.29 is 8.42 Å². The maximum absolute atomic E-state index is 12.1. The van der Waals surface area contributed by atoms with Gasteiger partial charge in [0.1, 0.15) is 0 Å². The van der Waals surface area contributed by atoms with Crippen molar-refractivity contribution in [3.8, 4) is 11.3 Å². The van der Waals surface area contributed by atoms with Crippen LogP contribution in [0, 0.1) is 5.92 Å². The number of rotatable bonds is 5. The highest BCUT2D eigenvalue weighted by atomic mass is 32.2. The van der Waals surface area contributed by atoms with Gasteiger partial charge in [-0.05, 0) is 68.2 Å². The van der Waals surface area contributed by atoms with E-state index in [4.69, 9.17) is 0 Å². The molecule has 4 rings (SSSR count). The van der Waals surface area contributed by atoms with E-state index in [1.54, 1.807) is 11.2 Å². The lowest BCUT2D eigenvalue weighted by Crippen LogP contribution is -2.39. The van der Waals surface area contributed by atoms with E-state index >= 15 is 0 Å². The first kappa shape index (κ1) is 19.5. The first-order valence-corrected chi connectivity index (χ1v) is 11.9. The monoisotopic (exact) mass is 402 g/mol. The fourth-order valence-electron chi connectivity index (χ4n) is 4.54. The highest BCUT2D eigenvalue weighted by Crippen LogP contribution is 2.33. The van der Waals surface area contributed by atoms with E-state index in [1.165, 1.54) is 28.8 Å². The summed E-state index contributed by atoms with van der Waals surface area (Å²) in [6.45, 7) is 4.11. The van der Waals surface area contributed by atoms with E-state index in [2.05, 4.69) is 40.3 Å². The molecule has 152 valence electrons. The van der Waals surface area contributed by atoms with Crippen LogP contribution in [0.1, 0.15) is 37.3 Å². The number of anilines is 1. The van der Waals surface area contributed by atoms with Crippen molar-refractivity contribution in [1.82, 2.24) is 14.5 Å². The summed E-state index contributed by atoms with van der Waals surface area (Å²) in [5.41, 5.74) is 6.19. The molecule has 0 atom stereocenters. The number of nitrogens with one attached hydrogen (secondary N) is 1. The van der Waals surface area contributed by atoms with E-state index in [9.17, 15) is 8.42 Å². The zero-order valence-corrected chi connectivity index (χ0v) is 17.6. The quantitative estimate of drug-likeness (QED) is 0.835. The molecule has 2 aliphatic heterocycles. The second kappa shape index (κ2) is 7.87.